The molecule has 0 amide bonds. The number of rotatable bonds is 2. The fourth-order valence-electron chi connectivity index (χ4n) is 3.04. The molecular weight excluding hydrogens is 359 g/mol. The van der Waals surface area contributed by atoms with E-state index in [0.29, 0.717) is 10.8 Å². The molecular formula is C18H15FN2S3. The largest absolute Gasteiger partial charge is 0.337 e. The van der Waals surface area contributed by atoms with Crippen LogP contribution in [0, 0.1) is 5.82 Å². The van der Waals surface area contributed by atoms with Gasteiger partial charge in [-0.2, -0.15) is 0 Å². The molecule has 2 aromatic heterocycles. The van der Waals surface area contributed by atoms with E-state index in [1.165, 1.54) is 21.4 Å². The SMILES string of the molecule is Fc1ccccc1NC(=S)N1CCc2sccc2[C@@H]1c1cccs1. The highest BCUT2D eigenvalue weighted by atomic mass is 32.1. The van der Waals surface area contributed by atoms with Crippen molar-refractivity contribution in [3.8, 4) is 0 Å². The Hall–Kier alpha value is -1.76. The molecule has 122 valence electrons. The van der Waals surface area contributed by atoms with Crippen LogP contribution >= 0.6 is 34.9 Å². The molecule has 1 atom stereocenters. The Bertz CT molecular complexity index is 857. The summed E-state index contributed by atoms with van der Waals surface area (Å²) in [6.07, 6.45) is 0.966. The average molecular weight is 375 g/mol. The van der Waals surface area contributed by atoms with Gasteiger partial charge in [0.15, 0.2) is 5.11 Å². The van der Waals surface area contributed by atoms with Gasteiger partial charge >= 0.3 is 0 Å². The van der Waals surface area contributed by atoms with Crippen molar-refractivity contribution in [2.45, 2.75) is 12.5 Å². The van der Waals surface area contributed by atoms with Crippen LogP contribution in [0.3, 0.4) is 0 Å². The number of halogens is 1. The van der Waals surface area contributed by atoms with Gasteiger partial charge in [0.25, 0.3) is 0 Å². The van der Waals surface area contributed by atoms with E-state index in [1.807, 2.05) is 0 Å². The molecule has 6 heteroatoms. The second-order valence-corrected chi connectivity index (χ2v) is 7.94. The van der Waals surface area contributed by atoms with E-state index >= 15 is 0 Å². The van der Waals surface area contributed by atoms with Gasteiger partial charge in [0.05, 0.1) is 11.7 Å². The predicted molar refractivity (Wildman–Crippen MR) is 104 cm³/mol. The Morgan fingerprint density at radius 3 is 2.79 bits per heavy atom. The molecule has 3 aromatic rings. The van der Waals surface area contributed by atoms with Gasteiger partial charge in [0, 0.05) is 16.3 Å². The van der Waals surface area contributed by atoms with Crippen LogP contribution in [0.5, 0.6) is 0 Å². The minimum Gasteiger partial charge on any atom is -0.337 e. The Kier molecular flexibility index (Phi) is 4.35. The average Bonchev–Trinajstić information content (AvgIpc) is 3.27. The second-order valence-electron chi connectivity index (χ2n) is 5.57. The lowest BCUT2D eigenvalue weighted by Crippen LogP contribution is -2.42. The molecule has 3 heterocycles. The Morgan fingerprint density at radius 2 is 2.00 bits per heavy atom. The lowest BCUT2D eigenvalue weighted by Gasteiger charge is -2.37. The van der Waals surface area contributed by atoms with Crippen molar-refractivity contribution in [3.05, 3.63) is 74.4 Å². The normalized spacial score (nSPS) is 16.7. The molecule has 2 nitrogen and oxygen atoms in total. The first-order valence-electron chi connectivity index (χ1n) is 7.66. The highest BCUT2D eigenvalue weighted by Gasteiger charge is 2.32. The minimum atomic E-state index is -0.291. The van der Waals surface area contributed by atoms with Gasteiger partial charge in [0.1, 0.15) is 5.82 Å². The summed E-state index contributed by atoms with van der Waals surface area (Å²) in [4.78, 5) is 4.84. The van der Waals surface area contributed by atoms with Crippen molar-refractivity contribution in [1.29, 1.82) is 0 Å². The Balaban J connectivity index is 1.66. The van der Waals surface area contributed by atoms with Crippen molar-refractivity contribution < 1.29 is 4.39 Å². The maximum absolute atomic E-state index is 13.9. The van der Waals surface area contributed by atoms with Crippen LogP contribution in [0.4, 0.5) is 10.1 Å². The van der Waals surface area contributed by atoms with Crippen LogP contribution in [0.2, 0.25) is 0 Å². The van der Waals surface area contributed by atoms with Gasteiger partial charge in [-0.3, -0.25) is 0 Å². The molecule has 1 aliphatic rings. The molecule has 0 aliphatic carbocycles. The van der Waals surface area contributed by atoms with Crippen LogP contribution in [0.25, 0.3) is 0 Å². The number of nitrogens with one attached hydrogen (secondary N) is 1. The number of fused-ring (bicyclic) bond motifs is 1. The number of para-hydroxylation sites is 1. The Morgan fingerprint density at radius 1 is 1.12 bits per heavy atom. The van der Waals surface area contributed by atoms with E-state index in [1.54, 1.807) is 40.9 Å². The number of hydrogen-bond donors (Lipinski definition) is 1. The standard InChI is InChI=1S/C18H15FN2S3/c19-13-4-1-2-5-14(13)20-18(22)21-9-7-15-12(8-11-24-15)17(21)16-6-3-10-23-16/h1-6,8,10-11,17H,7,9H2,(H,20,22)/t17-/m1/s1. The zero-order valence-electron chi connectivity index (χ0n) is 12.7. The monoisotopic (exact) mass is 374 g/mol. The predicted octanol–water partition coefficient (Wildman–Crippen LogP) is 5.29. The van der Waals surface area contributed by atoms with Crippen molar-refractivity contribution in [2.75, 3.05) is 11.9 Å². The van der Waals surface area contributed by atoms with Crippen molar-refractivity contribution in [2.24, 2.45) is 0 Å². The molecule has 0 bridgehead atoms. The number of thiocarbonyl (C=S) groups is 1. The van der Waals surface area contributed by atoms with E-state index in [9.17, 15) is 4.39 Å². The van der Waals surface area contributed by atoms with Gasteiger partial charge < -0.3 is 10.2 Å². The van der Waals surface area contributed by atoms with Crippen molar-refractivity contribution >= 4 is 45.7 Å². The summed E-state index contributed by atoms with van der Waals surface area (Å²) in [7, 11) is 0. The highest BCUT2D eigenvalue weighted by molar-refractivity contribution is 7.80. The molecule has 0 saturated carbocycles. The third-order valence-corrected chi connectivity index (χ3v) is 6.41. The lowest BCUT2D eigenvalue weighted by molar-refractivity contribution is 0.350. The topological polar surface area (TPSA) is 15.3 Å². The van der Waals surface area contributed by atoms with Crippen LogP contribution in [0.15, 0.2) is 53.2 Å². The number of thiophene rings is 2. The quantitative estimate of drug-likeness (QED) is 0.613. The summed E-state index contributed by atoms with van der Waals surface area (Å²) in [5, 5.41) is 7.88. The molecule has 0 saturated heterocycles. The van der Waals surface area contributed by atoms with Gasteiger partial charge in [-0.15, -0.1) is 22.7 Å². The van der Waals surface area contributed by atoms with Crippen LogP contribution in [-0.4, -0.2) is 16.6 Å². The first-order chi connectivity index (χ1) is 11.7. The van der Waals surface area contributed by atoms with Crippen LogP contribution < -0.4 is 5.32 Å². The highest BCUT2D eigenvalue weighted by Crippen LogP contribution is 2.39. The zero-order chi connectivity index (χ0) is 16.5. The van der Waals surface area contributed by atoms with Gasteiger partial charge in [0.2, 0.25) is 0 Å². The number of anilines is 1. The van der Waals surface area contributed by atoms with Crippen molar-refractivity contribution in [3.63, 3.8) is 0 Å². The maximum atomic E-state index is 13.9. The summed E-state index contributed by atoms with van der Waals surface area (Å²) in [5.74, 6) is -0.291. The smallest absolute Gasteiger partial charge is 0.174 e. The number of nitrogens with zero attached hydrogens (tertiary/aromatic N) is 1. The fourth-order valence-corrected chi connectivity index (χ4v) is 5.10. The van der Waals surface area contributed by atoms with E-state index < -0.39 is 0 Å². The van der Waals surface area contributed by atoms with Crippen LogP contribution in [-0.2, 0) is 6.42 Å². The molecule has 0 fully saturated rings. The van der Waals surface area contributed by atoms with Crippen LogP contribution in [0.1, 0.15) is 21.4 Å². The van der Waals surface area contributed by atoms with Gasteiger partial charge in [-0.1, -0.05) is 18.2 Å². The summed E-state index contributed by atoms with van der Waals surface area (Å²) in [6.45, 7) is 0.830. The van der Waals surface area contributed by atoms with E-state index in [-0.39, 0.29) is 11.9 Å². The third kappa shape index (κ3) is 2.85. The van der Waals surface area contributed by atoms with E-state index in [0.717, 1.165) is 13.0 Å². The Labute approximate surface area is 153 Å². The first kappa shape index (κ1) is 15.7. The molecule has 0 radical (unpaired) electrons. The zero-order valence-corrected chi connectivity index (χ0v) is 15.2. The summed E-state index contributed by atoms with van der Waals surface area (Å²) in [6, 6.07) is 13.1. The van der Waals surface area contributed by atoms with Gasteiger partial charge in [-0.25, -0.2) is 4.39 Å². The molecule has 24 heavy (non-hydrogen) atoms. The fraction of sp³-hybridized carbons (Fsp3) is 0.167. The van der Waals surface area contributed by atoms with Gasteiger partial charge in [-0.05, 0) is 59.2 Å². The molecule has 1 aliphatic heterocycles. The molecule has 4 rings (SSSR count). The number of hydrogen-bond acceptors (Lipinski definition) is 3. The minimum absolute atomic E-state index is 0.103. The molecule has 0 unspecified atom stereocenters. The molecule has 0 spiro atoms. The van der Waals surface area contributed by atoms with Crippen molar-refractivity contribution in [1.82, 2.24) is 4.90 Å². The molecule has 1 N–H and O–H groups in total. The van der Waals surface area contributed by atoms with E-state index in [4.69, 9.17) is 12.2 Å². The summed E-state index contributed by atoms with van der Waals surface area (Å²) in [5.41, 5.74) is 1.73. The second kappa shape index (κ2) is 6.63. The maximum Gasteiger partial charge on any atom is 0.174 e. The first-order valence-corrected chi connectivity index (χ1v) is 9.82. The number of benzene rings is 1. The van der Waals surface area contributed by atoms with E-state index in [2.05, 4.69) is 39.2 Å². The molecule has 1 aromatic carbocycles. The third-order valence-electron chi connectivity index (χ3n) is 4.15. The summed E-state index contributed by atoms with van der Waals surface area (Å²) < 4.78 is 13.9. The lowest BCUT2D eigenvalue weighted by atomic mass is 9.99. The summed E-state index contributed by atoms with van der Waals surface area (Å²) >= 11 is 9.16.